The van der Waals surface area contributed by atoms with Crippen LogP contribution in [0.5, 0.6) is 0 Å². The van der Waals surface area contributed by atoms with E-state index in [-0.39, 0.29) is 5.82 Å². The Labute approximate surface area is 92.1 Å². The zero-order valence-corrected chi connectivity index (χ0v) is 9.29. The molecule has 2 aromatic rings. The standard InChI is InChI=1S/C10H11ClFN3/c1-14(2)6-8-4-13-10-9(11)3-7(12)5-15(8)10/h3-5H,6H2,1-2H3. The summed E-state index contributed by atoms with van der Waals surface area (Å²) >= 11 is 5.88. The summed E-state index contributed by atoms with van der Waals surface area (Å²) in [4.78, 5) is 6.14. The Kier molecular flexibility index (Phi) is 2.63. The van der Waals surface area contributed by atoms with Crippen LogP contribution in [0.2, 0.25) is 5.02 Å². The molecule has 0 spiro atoms. The van der Waals surface area contributed by atoms with Gasteiger partial charge in [-0.15, -0.1) is 0 Å². The van der Waals surface area contributed by atoms with Gasteiger partial charge in [-0.05, 0) is 20.2 Å². The molecule has 0 fully saturated rings. The number of hydrogen-bond donors (Lipinski definition) is 0. The van der Waals surface area contributed by atoms with Gasteiger partial charge in [-0.25, -0.2) is 9.37 Å². The maximum atomic E-state index is 13.1. The van der Waals surface area contributed by atoms with Gasteiger partial charge in [0.15, 0.2) is 5.65 Å². The van der Waals surface area contributed by atoms with Gasteiger partial charge in [-0.2, -0.15) is 0 Å². The smallest absolute Gasteiger partial charge is 0.156 e. The second kappa shape index (κ2) is 3.79. The van der Waals surface area contributed by atoms with Crippen molar-refractivity contribution in [2.75, 3.05) is 14.1 Å². The summed E-state index contributed by atoms with van der Waals surface area (Å²) in [6.45, 7) is 0.695. The summed E-state index contributed by atoms with van der Waals surface area (Å²) in [5.74, 6) is -0.356. The summed E-state index contributed by atoms with van der Waals surface area (Å²) in [5, 5.41) is 0.333. The highest BCUT2D eigenvalue weighted by atomic mass is 35.5. The molecule has 15 heavy (non-hydrogen) atoms. The van der Waals surface area contributed by atoms with Gasteiger partial charge in [0.05, 0.1) is 16.9 Å². The molecule has 2 rings (SSSR count). The first-order valence-electron chi connectivity index (χ1n) is 4.53. The van der Waals surface area contributed by atoms with Gasteiger partial charge in [-0.3, -0.25) is 4.40 Å². The van der Waals surface area contributed by atoms with Crippen LogP contribution in [0.3, 0.4) is 0 Å². The lowest BCUT2D eigenvalue weighted by atomic mass is 10.4. The first-order chi connectivity index (χ1) is 7.08. The van der Waals surface area contributed by atoms with Crippen molar-refractivity contribution in [1.29, 1.82) is 0 Å². The molecule has 0 aliphatic carbocycles. The molecule has 0 amide bonds. The fraction of sp³-hybridized carbons (Fsp3) is 0.300. The van der Waals surface area contributed by atoms with E-state index >= 15 is 0 Å². The fourth-order valence-corrected chi connectivity index (χ4v) is 1.75. The Morgan fingerprint density at radius 1 is 1.53 bits per heavy atom. The molecule has 2 aromatic heterocycles. The molecule has 0 aliphatic heterocycles. The topological polar surface area (TPSA) is 20.5 Å². The van der Waals surface area contributed by atoms with Crippen molar-refractivity contribution in [3.8, 4) is 0 Å². The Balaban J connectivity index is 2.58. The van der Waals surface area contributed by atoms with Crippen LogP contribution in [-0.4, -0.2) is 28.4 Å². The van der Waals surface area contributed by atoms with Crippen molar-refractivity contribution in [2.24, 2.45) is 0 Å². The minimum atomic E-state index is -0.356. The predicted molar refractivity (Wildman–Crippen MR) is 57.6 cm³/mol. The van der Waals surface area contributed by atoms with Crippen molar-refractivity contribution in [3.05, 3.63) is 35.0 Å². The summed E-state index contributed by atoms with van der Waals surface area (Å²) < 4.78 is 14.8. The predicted octanol–water partition coefficient (Wildman–Crippen LogP) is 2.19. The third-order valence-electron chi connectivity index (χ3n) is 2.08. The highest BCUT2D eigenvalue weighted by Gasteiger charge is 2.08. The zero-order valence-electron chi connectivity index (χ0n) is 8.54. The first-order valence-corrected chi connectivity index (χ1v) is 4.91. The molecule has 0 saturated carbocycles. The van der Waals surface area contributed by atoms with E-state index in [2.05, 4.69) is 4.98 Å². The molecule has 0 bridgehead atoms. The van der Waals surface area contributed by atoms with Crippen LogP contribution in [0.15, 0.2) is 18.5 Å². The molecular weight excluding hydrogens is 217 g/mol. The summed E-state index contributed by atoms with van der Waals surface area (Å²) in [5.41, 5.74) is 1.51. The number of hydrogen-bond acceptors (Lipinski definition) is 2. The fourth-order valence-electron chi connectivity index (χ4n) is 1.50. The molecule has 80 valence electrons. The largest absolute Gasteiger partial charge is 0.304 e. The SMILES string of the molecule is CN(C)Cc1cnc2c(Cl)cc(F)cn12. The van der Waals surface area contributed by atoms with E-state index in [1.54, 1.807) is 10.6 Å². The molecule has 0 radical (unpaired) electrons. The lowest BCUT2D eigenvalue weighted by molar-refractivity contribution is 0.395. The van der Waals surface area contributed by atoms with Gasteiger partial charge in [0, 0.05) is 12.7 Å². The van der Waals surface area contributed by atoms with Gasteiger partial charge in [0.25, 0.3) is 0 Å². The number of imidazole rings is 1. The Morgan fingerprint density at radius 3 is 2.93 bits per heavy atom. The minimum Gasteiger partial charge on any atom is -0.304 e. The highest BCUT2D eigenvalue weighted by Crippen LogP contribution is 2.19. The van der Waals surface area contributed by atoms with Crippen LogP contribution in [-0.2, 0) is 6.54 Å². The lowest BCUT2D eigenvalue weighted by Gasteiger charge is -2.08. The summed E-state index contributed by atoms with van der Waals surface area (Å²) in [6.07, 6.45) is 3.10. The first kappa shape index (κ1) is 10.4. The van der Waals surface area contributed by atoms with Crippen molar-refractivity contribution >= 4 is 17.2 Å². The van der Waals surface area contributed by atoms with Crippen LogP contribution < -0.4 is 0 Å². The number of rotatable bonds is 2. The molecule has 2 heterocycles. The number of nitrogens with zero attached hydrogens (tertiary/aromatic N) is 3. The number of fused-ring (bicyclic) bond motifs is 1. The van der Waals surface area contributed by atoms with Crippen molar-refractivity contribution in [3.63, 3.8) is 0 Å². The third kappa shape index (κ3) is 1.96. The molecule has 0 N–H and O–H groups in total. The molecular formula is C10H11ClFN3. The number of pyridine rings is 1. The van der Waals surface area contributed by atoms with Gasteiger partial charge in [-0.1, -0.05) is 11.6 Å². The minimum absolute atomic E-state index is 0.333. The highest BCUT2D eigenvalue weighted by molar-refractivity contribution is 6.33. The lowest BCUT2D eigenvalue weighted by Crippen LogP contribution is -2.12. The van der Waals surface area contributed by atoms with Crippen LogP contribution in [0.1, 0.15) is 5.69 Å². The van der Waals surface area contributed by atoms with E-state index < -0.39 is 0 Å². The third-order valence-corrected chi connectivity index (χ3v) is 2.36. The summed E-state index contributed by atoms with van der Waals surface area (Å²) in [6, 6.07) is 1.27. The van der Waals surface area contributed by atoms with Gasteiger partial charge in [0.2, 0.25) is 0 Å². The van der Waals surface area contributed by atoms with E-state index in [1.807, 2.05) is 19.0 Å². The Morgan fingerprint density at radius 2 is 2.27 bits per heavy atom. The van der Waals surface area contributed by atoms with E-state index in [9.17, 15) is 4.39 Å². The van der Waals surface area contributed by atoms with Crippen LogP contribution in [0, 0.1) is 5.82 Å². The molecule has 0 unspecified atom stereocenters. The van der Waals surface area contributed by atoms with Crippen molar-refractivity contribution in [2.45, 2.75) is 6.54 Å². The van der Waals surface area contributed by atoms with Gasteiger partial charge in [0.1, 0.15) is 5.82 Å². The molecule has 0 aromatic carbocycles. The van der Waals surface area contributed by atoms with E-state index in [1.165, 1.54) is 12.3 Å². The molecule has 0 saturated heterocycles. The van der Waals surface area contributed by atoms with E-state index in [0.717, 1.165) is 5.69 Å². The van der Waals surface area contributed by atoms with Crippen molar-refractivity contribution in [1.82, 2.24) is 14.3 Å². The molecule has 0 atom stereocenters. The maximum absolute atomic E-state index is 13.1. The quantitative estimate of drug-likeness (QED) is 0.784. The second-order valence-corrected chi connectivity index (χ2v) is 4.09. The maximum Gasteiger partial charge on any atom is 0.156 e. The summed E-state index contributed by atoms with van der Waals surface area (Å²) in [7, 11) is 3.89. The van der Waals surface area contributed by atoms with E-state index in [4.69, 9.17) is 11.6 Å². The second-order valence-electron chi connectivity index (χ2n) is 3.69. The molecule has 3 nitrogen and oxygen atoms in total. The molecule has 0 aliphatic rings. The normalized spacial score (nSPS) is 11.5. The van der Waals surface area contributed by atoms with Crippen LogP contribution >= 0.6 is 11.6 Å². The van der Waals surface area contributed by atoms with Gasteiger partial charge < -0.3 is 4.90 Å². The molecule has 5 heteroatoms. The monoisotopic (exact) mass is 227 g/mol. The Hall–Kier alpha value is -1.13. The van der Waals surface area contributed by atoms with E-state index in [0.29, 0.717) is 17.2 Å². The Bertz CT molecular complexity index is 493. The van der Waals surface area contributed by atoms with Crippen LogP contribution in [0.4, 0.5) is 4.39 Å². The average Bonchev–Trinajstić information content (AvgIpc) is 2.48. The van der Waals surface area contributed by atoms with Gasteiger partial charge >= 0.3 is 0 Å². The van der Waals surface area contributed by atoms with Crippen molar-refractivity contribution < 1.29 is 4.39 Å². The van der Waals surface area contributed by atoms with Crippen LogP contribution in [0.25, 0.3) is 5.65 Å². The number of halogens is 2. The average molecular weight is 228 g/mol. The zero-order chi connectivity index (χ0) is 11.0. The number of aromatic nitrogens is 2.